The summed E-state index contributed by atoms with van der Waals surface area (Å²) in [4.78, 5) is 32.0. The lowest BCUT2D eigenvalue weighted by molar-refractivity contribution is -0.117. The number of likely N-dealkylation sites (tertiary alicyclic amines) is 1. The Morgan fingerprint density at radius 2 is 2.10 bits per heavy atom. The normalized spacial score (nSPS) is 18.9. The third-order valence-electron chi connectivity index (χ3n) is 5.99. The third kappa shape index (κ3) is 4.31. The molecule has 4 heterocycles. The van der Waals surface area contributed by atoms with Crippen LogP contribution < -0.4 is 10.6 Å². The molecule has 0 saturated carbocycles. The smallest absolute Gasteiger partial charge is 0.264 e. The van der Waals surface area contributed by atoms with Crippen LogP contribution in [0.25, 0.3) is 10.9 Å². The summed E-state index contributed by atoms with van der Waals surface area (Å²) in [7, 11) is 0. The maximum absolute atomic E-state index is 12.8. The number of nitrogens with zero attached hydrogens (tertiary/aromatic N) is 2. The number of hydrogen-bond acceptors (Lipinski definition) is 5. The first-order valence-corrected chi connectivity index (χ1v) is 11.7. The minimum Gasteiger partial charge on any atom is -0.337 e. The molecule has 8 heteroatoms. The van der Waals surface area contributed by atoms with Crippen molar-refractivity contribution in [2.45, 2.75) is 25.3 Å². The van der Waals surface area contributed by atoms with Gasteiger partial charge in [-0.2, -0.15) is 0 Å². The van der Waals surface area contributed by atoms with E-state index >= 15 is 0 Å². The van der Waals surface area contributed by atoms with Gasteiger partial charge in [0.15, 0.2) is 0 Å². The highest BCUT2D eigenvalue weighted by Crippen LogP contribution is 2.30. The quantitative estimate of drug-likeness (QED) is 0.612. The summed E-state index contributed by atoms with van der Waals surface area (Å²) in [6.45, 7) is 2.34. The molecule has 2 aromatic heterocycles. The average molecular weight is 455 g/mol. The van der Waals surface area contributed by atoms with Gasteiger partial charge >= 0.3 is 0 Å². The Bertz CT molecular complexity index is 1140. The van der Waals surface area contributed by atoms with Crippen LogP contribution in [0.5, 0.6) is 0 Å². The van der Waals surface area contributed by atoms with Crippen LogP contribution in [-0.4, -0.2) is 47.4 Å². The molecule has 5 rings (SSSR count). The molecule has 160 valence electrons. The number of pyridine rings is 1. The van der Waals surface area contributed by atoms with E-state index in [1.165, 1.54) is 16.9 Å². The summed E-state index contributed by atoms with van der Waals surface area (Å²) in [6.07, 6.45) is 4.60. The number of thiophene rings is 1. The number of benzene rings is 1. The highest BCUT2D eigenvalue weighted by atomic mass is 35.5. The van der Waals surface area contributed by atoms with E-state index in [2.05, 4.69) is 15.6 Å². The maximum Gasteiger partial charge on any atom is 0.264 e. The first-order valence-electron chi connectivity index (χ1n) is 10.5. The fourth-order valence-electron chi connectivity index (χ4n) is 4.32. The van der Waals surface area contributed by atoms with Gasteiger partial charge in [-0.3, -0.25) is 14.6 Å². The molecule has 2 N–H and O–H groups in total. The Balaban J connectivity index is 1.18. The fraction of sp³-hybridized carbons (Fsp3) is 0.348. The van der Waals surface area contributed by atoms with Crippen molar-refractivity contribution in [3.63, 3.8) is 0 Å². The number of amides is 2. The highest BCUT2D eigenvalue weighted by molar-refractivity contribution is 7.18. The number of carbonyl (C=O) groups excluding carboxylic acids is 2. The minimum atomic E-state index is -0.128. The number of anilines is 1. The summed E-state index contributed by atoms with van der Waals surface area (Å²) in [5.41, 5.74) is 2.15. The second-order valence-electron chi connectivity index (χ2n) is 8.21. The summed E-state index contributed by atoms with van der Waals surface area (Å²) in [5, 5.41) is 8.62. The van der Waals surface area contributed by atoms with Gasteiger partial charge in [-0.1, -0.05) is 11.6 Å². The molecule has 6 nitrogen and oxygen atoms in total. The third-order valence-corrected chi connectivity index (χ3v) is 7.21. The number of rotatable bonds is 5. The summed E-state index contributed by atoms with van der Waals surface area (Å²) < 4.78 is 0. The van der Waals surface area contributed by atoms with Crippen LogP contribution in [0.3, 0.4) is 0 Å². The maximum atomic E-state index is 12.8. The molecule has 2 aliphatic heterocycles. The molecule has 2 fully saturated rings. The van der Waals surface area contributed by atoms with Gasteiger partial charge in [0.25, 0.3) is 5.91 Å². The van der Waals surface area contributed by atoms with Crippen LogP contribution in [0, 0.1) is 5.92 Å². The van der Waals surface area contributed by atoms with E-state index in [1.807, 2.05) is 41.4 Å². The number of hydrogen-bond donors (Lipinski definition) is 2. The molecule has 2 aliphatic rings. The van der Waals surface area contributed by atoms with E-state index in [9.17, 15) is 9.59 Å². The molecule has 2 saturated heterocycles. The van der Waals surface area contributed by atoms with Crippen LogP contribution in [0.1, 0.15) is 28.1 Å². The van der Waals surface area contributed by atoms with Gasteiger partial charge in [0.1, 0.15) is 0 Å². The van der Waals surface area contributed by atoms with Crippen LogP contribution >= 0.6 is 22.9 Å². The fourth-order valence-corrected chi connectivity index (χ4v) is 5.37. The van der Waals surface area contributed by atoms with Crippen molar-refractivity contribution in [3.05, 3.63) is 58.1 Å². The molecule has 0 unspecified atom stereocenters. The molecule has 0 bridgehead atoms. The zero-order chi connectivity index (χ0) is 21.4. The Morgan fingerprint density at radius 3 is 2.90 bits per heavy atom. The Labute approximate surface area is 189 Å². The van der Waals surface area contributed by atoms with E-state index in [0.29, 0.717) is 15.8 Å². The number of nitrogens with one attached hydrogen (secondary N) is 2. The van der Waals surface area contributed by atoms with Crippen molar-refractivity contribution in [3.8, 4) is 0 Å². The van der Waals surface area contributed by atoms with E-state index in [4.69, 9.17) is 11.6 Å². The number of fused-ring (bicyclic) bond motifs is 1. The van der Waals surface area contributed by atoms with Gasteiger partial charge in [-0.15, -0.1) is 11.3 Å². The predicted octanol–water partition coefficient (Wildman–Crippen LogP) is 3.95. The van der Waals surface area contributed by atoms with Crippen molar-refractivity contribution >= 4 is 50.7 Å². The highest BCUT2D eigenvalue weighted by Gasteiger charge is 2.32. The van der Waals surface area contributed by atoms with Gasteiger partial charge in [-0.25, -0.2) is 0 Å². The molecule has 0 spiro atoms. The number of carbonyl (C=O) groups is 2. The number of aromatic nitrogens is 1. The van der Waals surface area contributed by atoms with Crippen LogP contribution in [0.15, 0.2) is 42.6 Å². The van der Waals surface area contributed by atoms with Crippen molar-refractivity contribution in [2.75, 3.05) is 25.0 Å². The van der Waals surface area contributed by atoms with Gasteiger partial charge in [0.05, 0.1) is 21.4 Å². The van der Waals surface area contributed by atoms with Crippen LogP contribution in [0.4, 0.5) is 5.00 Å². The monoisotopic (exact) mass is 454 g/mol. The molecule has 0 radical (unpaired) electrons. The molecule has 3 aromatic rings. The van der Waals surface area contributed by atoms with E-state index < -0.39 is 0 Å². The zero-order valence-corrected chi connectivity index (χ0v) is 18.5. The first-order chi connectivity index (χ1) is 15.1. The van der Waals surface area contributed by atoms with Gasteiger partial charge in [-0.05, 0) is 73.7 Å². The lowest BCUT2D eigenvalue weighted by Crippen LogP contribution is -2.50. The van der Waals surface area contributed by atoms with E-state index in [1.54, 1.807) is 6.07 Å². The molecular formula is C23H23ClN4O2S. The van der Waals surface area contributed by atoms with Crippen LogP contribution in [0.2, 0.25) is 5.02 Å². The van der Waals surface area contributed by atoms with Crippen molar-refractivity contribution < 1.29 is 9.59 Å². The van der Waals surface area contributed by atoms with Gasteiger partial charge in [0, 0.05) is 29.7 Å². The molecule has 1 atom stereocenters. The molecule has 0 aliphatic carbocycles. The second-order valence-corrected chi connectivity index (χ2v) is 9.73. The standard InChI is InChI=1S/C23H23ClN4O2S/c24-16-3-4-18-17(11-16)15(7-9-26-18)10-14-12-28(13-14)23(30)20-5-6-21(31-20)27-22(29)19-2-1-8-25-19/h3-7,9,11,14,19,25H,1-2,8,10,12-13H2,(H,27,29)/t19-/m0/s1. The zero-order valence-electron chi connectivity index (χ0n) is 16.9. The largest absolute Gasteiger partial charge is 0.337 e. The summed E-state index contributed by atoms with van der Waals surface area (Å²) in [5.74, 6) is 0.427. The van der Waals surface area contributed by atoms with Gasteiger partial charge in [0.2, 0.25) is 5.91 Å². The predicted molar refractivity (Wildman–Crippen MR) is 124 cm³/mol. The first kappa shape index (κ1) is 20.4. The molecular weight excluding hydrogens is 432 g/mol. The van der Waals surface area contributed by atoms with Crippen LogP contribution in [-0.2, 0) is 11.2 Å². The van der Waals surface area contributed by atoms with E-state index in [-0.39, 0.29) is 17.9 Å². The van der Waals surface area contributed by atoms with E-state index in [0.717, 1.165) is 54.8 Å². The van der Waals surface area contributed by atoms with Crippen molar-refractivity contribution in [1.82, 2.24) is 15.2 Å². The van der Waals surface area contributed by atoms with Crippen molar-refractivity contribution in [1.29, 1.82) is 0 Å². The molecule has 31 heavy (non-hydrogen) atoms. The summed E-state index contributed by atoms with van der Waals surface area (Å²) >= 11 is 7.51. The lowest BCUT2D eigenvalue weighted by Gasteiger charge is -2.39. The Hall–Kier alpha value is -2.48. The second kappa shape index (κ2) is 8.57. The Kier molecular flexibility index (Phi) is 5.65. The molecule has 2 amide bonds. The topological polar surface area (TPSA) is 74.3 Å². The SMILES string of the molecule is O=C(Nc1ccc(C(=O)N2CC(Cc3ccnc4ccc(Cl)cc34)C2)s1)[C@@H]1CCCN1. The minimum absolute atomic E-state index is 0.0213. The van der Waals surface area contributed by atoms with Gasteiger partial charge < -0.3 is 15.5 Å². The molecule has 1 aromatic carbocycles. The lowest BCUT2D eigenvalue weighted by atomic mass is 9.90. The average Bonchev–Trinajstić information content (AvgIpc) is 3.42. The Morgan fingerprint density at radius 1 is 1.23 bits per heavy atom. The van der Waals surface area contributed by atoms with Crippen molar-refractivity contribution in [2.24, 2.45) is 5.92 Å². The number of halogens is 1. The summed E-state index contributed by atoms with van der Waals surface area (Å²) in [6, 6.07) is 11.3.